The maximum absolute atomic E-state index is 12.3. The highest BCUT2D eigenvalue weighted by molar-refractivity contribution is 5.89. The number of amides is 2. The molecule has 1 aliphatic carbocycles. The van der Waals surface area contributed by atoms with Crippen molar-refractivity contribution in [1.82, 2.24) is 35.6 Å². The van der Waals surface area contributed by atoms with Crippen LogP contribution in [0, 0.1) is 0 Å². The summed E-state index contributed by atoms with van der Waals surface area (Å²) in [5.74, 6) is 1.09. The number of aryl methyl sites for hydroxylation is 1. The Balaban J connectivity index is 1.36. The van der Waals surface area contributed by atoms with Gasteiger partial charge in [0.2, 0.25) is 23.7 Å². The number of H-pyrrole nitrogens is 1. The molecule has 0 bridgehead atoms. The fourth-order valence-corrected chi connectivity index (χ4v) is 3.97. The molecule has 0 unspecified atom stereocenters. The Hall–Kier alpha value is -3.63. The Bertz CT molecular complexity index is 1050. The van der Waals surface area contributed by atoms with E-state index in [0.717, 1.165) is 38.5 Å². The van der Waals surface area contributed by atoms with Crippen molar-refractivity contribution in [2.24, 2.45) is 0 Å². The van der Waals surface area contributed by atoms with Crippen LogP contribution in [0.5, 0.6) is 0 Å². The van der Waals surface area contributed by atoms with Gasteiger partial charge in [-0.25, -0.2) is 0 Å². The second kappa shape index (κ2) is 9.67. The molecule has 32 heavy (non-hydrogen) atoms. The molecule has 0 aliphatic heterocycles. The minimum Gasteiger partial charge on any atom is -0.343 e. The molecule has 3 aromatic rings. The van der Waals surface area contributed by atoms with Gasteiger partial charge in [-0.3, -0.25) is 25.0 Å². The van der Waals surface area contributed by atoms with Crippen LogP contribution in [0.2, 0.25) is 0 Å². The van der Waals surface area contributed by atoms with E-state index in [1.807, 2.05) is 6.07 Å². The number of hydrogen-bond donors (Lipinski definition) is 3. The lowest BCUT2D eigenvalue weighted by molar-refractivity contribution is -0.121. The first-order chi connectivity index (χ1) is 15.5. The second-order valence-electron chi connectivity index (χ2n) is 7.96. The van der Waals surface area contributed by atoms with E-state index in [9.17, 15) is 9.59 Å². The number of pyridine rings is 1. The number of hydrogen-bond acceptors (Lipinski definition) is 8. The highest BCUT2D eigenvalue weighted by Gasteiger charge is 2.38. The van der Waals surface area contributed by atoms with Gasteiger partial charge in [0.1, 0.15) is 11.2 Å². The largest absolute Gasteiger partial charge is 0.343 e. The summed E-state index contributed by atoms with van der Waals surface area (Å²) in [7, 11) is 0. The molecule has 1 fully saturated rings. The molecular weight excluding hydrogens is 412 g/mol. The molecular formula is C21H26N8O3. The van der Waals surface area contributed by atoms with Crippen molar-refractivity contribution in [3.05, 3.63) is 36.1 Å². The molecule has 2 amide bonds. The molecule has 3 N–H and O–H groups in total. The maximum Gasteiger partial charge on any atom is 0.249 e. The van der Waals surface area contributed by atoms with Gasteiger partial charge in [-0.05, 0) is 25.0 Å². The van der Waals surface area contributed by atoms with Gasteiger partial charge in [0.15, 0.2) is 11.6 Å². The van der Waals surface area contributed by atoms with E-state index < -0.39 is 5.54 Å². The summed E-state index contributed by atoms with van der Waals surface area (Å²) < 4.78 is 5.39. The quantitative estimate of drug-likeness (QED) is 0.476. The number of nitrogens with zero attached hydrogens (tertiary/aromatic N) is 5. The van der Waals surface area contributed by atoms with Crippen LogP contribution in [0.4, 0.5) is 5.95 Å². The average molecular weight is 438 g/mol. The zero-order valence-electron chi connectivity index (χ0n) is 17.9. The van der Waals surface area contributed by atoms with Crippen molar-refractivity contribution in [1.29, 1.82) is 0 Å². The number of aromatic amines is 1. The number of carbonyl (C=O) groups excluding carboxylic acids is 2. The first kappa shape index (κ1) is 21.6. The first-order valence-electron chi connectivity index (χ1n) is 10.8. The van der Waals surface area contributed by atoms with Crippen molar-refractivity contribution in [2.75, 3.05) is 5.32 Å². The Morgan fingerprint density at radius 1 is 1.16 bits per heavy atom. The van der Waals surface area contributed by atoms with Gasteiger partial charge < -0.3 is 9.84 Å². The van der Waals surface area contributed by atoms with Crippen LogP contribution in [0.25, 0.3) is 11.5 Å². The molecule has 0 atom stereocenters. The van der Waals surface area contributed by atoms with Crippen molar-refractivity contribution >= 4 is 17.8 Å². The van der Waals surface area contributed by atoms with Crippen molar-refractivity contribution < 1.29 is 14.1 Å². The van der Waals surface area contributed by atoms with Gasteiger partial charge in [0.25, 0.3) is 0 Å². The number of anilines is 1. The lowest BCUT2D eigenvalue weighted by Crippen LogP contribution is -2.45. The molecule has 11 heteroatoms. The summed E-state index contributed by atoms with van der Waals surface area (Å²) >= 11 is 0. The van der Waals surface area contributed by atoms with Crippen LogP contribution in [0.15, 0.2) is 28.9 Å². The summed E-state index contributed by atoms with van der Waals surface area (Å²) in [5, 5.41) is 16.6. The summed E-state index contributed by atoms with van der Waals surface area (Å²) in [6.07, 6.45) is 7.82. The van der Waals surface area contributed by atoms with Gasteiger partial charge in [0.05, 0.1) is 0 Å². The van der Waals surface area contributed by atoms with Crippen LogP contribution in [-0.2, 0) is 21.5 Å². The zero-order chi connectivity index (χ0) is 22.4. The minimum absolute atomic E-state index is 0.116. The smallest absolute Gasteiger partial charge is 0.249 e. The van der Waals surface area contributed by atoms with Crippen molar-refractivity contribution in [3.63, 3.8) is 0 Å². The second-order valence-corrected chi connectivity index (χ2v) is 7.96. The minimum atomic E-state index is -0.604. The SMILES string of the molecule is CC(=O)NC1(c2noc(CCC(=O)Nc3n[nH]c(-c4ccccn4)n3)n2)CCCCCC1. The maximum atomic E-state index is 12.3. The third-order valence-corrected chi connectivity index (χ3v) is 5.48. The Morgan fingerprint density at radius 3 is 2.69 bits per heavy atom. The fourth-order valence-electron chi connectivity index (χ4n) is 3.97. The Kier molecular flexibility index (Phi) is 6.52. The standard InChI is InChI=1S/C21H26N8O3/c1-14(30)26-21(11-5-2-3-6-12-21)19-24-17(32-29-19)10-9-16(31)23-20-25-18(27-28-20)15-8-4-7-13-22-15/h4,7-8,13H,2-3,5-6,9-12H2,1H3,(H,26,30)(H2,23,25,27,28,31). The van der Waals surface area contributed by atoms with Crippen LogP contribution in [0.3, 0.4) is 0 Å². The first-order valence-corrected chi connectivity index (χ1v) is 10.8. The van der Waals surface area contributed by atoms with E-state index in [1.54, 1.807) is 18.3 Å². The summed E-state index contributed by atoms with van der Waals surface area (Å²) in [4.78, 5) is 37.1. The van der Waals surface area contributed by atoms with E-state index in [1.165, 1.54) is 6.92 Å². The molecule has 1 saturated carbocycles. The third kappa shape index (κ3) is 5.16. The van der Waals surface area contributed by atoms with Gasteiger partial charge in [-0.1, -0.05) is 36.9 Å². The number of rotatable bonds is 7. The summed E-state index contributed by atoms with van der Waals surface area (Å²) in [6, 6.07) is 5.44. The molecule has 1 aliphatic rings. The van der Waals surface area contributed by atoms with E-state index in [2.05, 4.69) is 40.9 Å². The predicted molar refractivity (Wildman–Crippen MR) is 114 cm³/mol. The number of carbonyl (C=O) groups is 2. The summed E-state index contributed by atoms with van der Waals surface area (Å²) in [5.41, 5.74) is 0.0261. The molecule has 11 nitrogen and oxygen atoms in total. The van der Waals surface area contributed by atoms with Crippen LogP contribution in [0.1, 0.15) is 63.6 Å². The van der Waals surface area contributed by atoms with E-state index in [4.69, 9.17) is 4.52 Å². The lowest BCUT2D eigenvalue weighted by Gasteiger charge is -2.30. The van der Waals surface area contributed by atoms with Gasteiger partial charge in [0, 0.05) is 26.0 Å². The van der Waals surface area contributed by atoms with E-state index in [-0.39, 0.29) is 30.6 Å². The zero-order valence-corrected chi connectivity index (χ0v) is 17.9. The topological polar surface area (TPSA) is 152 Å². The third-order valence-electron chi connectivity index (χ3n) is 5.48. The van der Waals surface area contributed by atoms with Gasteiger partial charge in [-0.15, -0.1) is 5.10 Å². The van der Waals surface area contributed by atoms with Crippen molar-refractivity contribution in [2.45, 2.75) is 63.8 Å². The normalized spacial score (nSPS) is 15.7. The number of aromatic nitrogens is 6. The molecule has 168 valence electrons. The van der Waals surface area contributed by atoms with Gasteiger partial charge >= 0.3 is 0 Å². The van der Waals surface area contributed by atoms with E-state index in [0.29, 0.717) is 23.2 Å². The molecule has 3 aromatic heterocycles. The Labute approximate surface area is 184 Å². The van der Waals surface area contributed by atoms with Crippen LogP contribution >= 0.6 is 0 Å². The monoisotopic (exact) mass is 438 g/mol. The molecule has 0 saturated heterocycles. The Morgan fingerprint density at radius 2 is 1.97 bits per heavy atom. The molecule has 0 radical (unpaired) electrons. The van der Waals surface area contributed by atoms with Crippen LogP contribution < -0.4 is 10.6 Å². The highest BCUT2D eigenvalue weighted by Crippen LogP contribution is 2.34. The molecule has 0 aromatic carbocycles. The summed E-state index contributed by atoms with van der Waals surface area (Å²) in [6.45, 7) is 1.50. The highest BCUT2D eigenvalue weighted by atomic mass is 16.5. The van der Waals surface area contributed by atoms with Gasteiger partial charge in [-0.2, -0.15) is 9.97 Å². The molecule has 3 heterocycles. The average Bonchev–Trinajstić information content (AvgIpc) is 3.39. The molecule has 0 spiro atoms. The van der Waals surface area contributed by atoms with Crippen LogP contribution in [-0.4, -0.2) is 42.1 Å². The van der Waals surface area contributed by atoms with E-state index >= 15 is 0 Å². The lowest BCUT2D eigenvalue weighted by atomic mass is 9.89. The molecule has 4 rings (SSSR count). The predicted octanol–water partition coefficient (Wildman–Crippen LogP) is 2.51. The number of nitrogens with one attached hydrogen (secondary N) is 3. The van der Waals surface area contributed by atoms with Crippen molar-refractivity contribution in [3.8, 4) is 11.5 Å². The fraction of sp³-hybridized carbons (Fsp3) is 0.476.